The van der Waals surface area contributed by atoms with Gasteiger partial charge in [-0.05, 0) is 31.5 Å². The lowest BCUT2D eigenvalue weighted by molar-refractivity contribution is 0.147. The van der Waals surface area contributed by atoms with Crippen molar-refractivity contribution in [1.29, 1.82) is 0 Å². The fourth-order valence-electron chi connectivity index (χ4n) is 1.36. The molecule has 0 aliphatic heterocycles. The van der Waals surface area contributed by atoms with Crippen LogP contribution in [0, 0.1) is 0 Å². The minimum absolute atomic E-state index is 0.702. The van der Waals surface area contributed by atoms with E-state index in [1.54, 1.807) is 7.11 Å². The second-order valence-electron chi connectivity index (χ2n) is 3.32. The third-order valence-electron chi connectivity index (χ3n) is 2.15. The molecule has 0 aliphatic carbocycles. The van der Waals surface area contributed by atoms with Crippen LogP contribution in [0.3, 0.4) is 0 Å². The number of hydrogen-bond acceptors (Lipinski definition) is 3. The van der Waals surface area contributed by atoms with Gasteiger partial charge in [0.25, 0.3) is 0 Å². The molecule has 4 heteroatoms. The maximum atomic E-state index is 5.92. The van der Waals surface area contributed by atoms with E-state index in [4.69, 9.17) is 21.1 Å². The first kappa shape index (κ1) is 13.1. The monoisotopic (exact) mass is 243 g/mol. The third-order valence-corrected chi connectivity index (χ3v) is 2.38. The van der Waals surface area contributed by atoms with Crippen LogP contribution in [0.2, 0.25) is 5.02 Å². The summed E-state index contributed by atoms with van der Waals surface area (Å²) >= 11 is 5.92. The lowest BCUT2D eigenvalue weighted by atomic mass is 10.3. The maximum Gasteiger partial charge on any atom is 0.142 e. The lowest BCUT2D eigenvalue weighted by Gasteiger charge is -2.11. The van der Waals surface area contributed by atoms with Gasteiger partial charge in [0.15, 0.2) is 0 Å². The summed E-state index contributed by atoms with van der Waals surface area (Å²) < 4.78 is 10.5. The highest BCUT2D eigenvalue weighted by atomic mass is 35.5. The van der Waals surface area contributed by atoms with Crippen LogP contribution in [0.1, 0.15) is 13.3 Å². The first-order valence-corrected chi connectivity index (χ1v) is 5.81. The van der Waals surface area contributed by atoms with Crippen LogP contribution in [0.15, 0.2) is 18.2 Å². The van der Waals surface area contributed by atoms with E-state index in [2.05, 4.69) is 5.32 Å². The second kappa shape index (κ2) is 7.36. The normalized spacial score (nSPS) is 10.2. The van der Waals surface area contributed by atoms with E-state index in [0.29, 0.717) is 5.02 Å². The molecule has 0 radical (unpaired) electrons. The minimum Gasteiger partial charge on any atom is -0.495 e. The smallest absolute Gasteiger partial charge is 0.142 e. The molecular weight excluding hydrogens is 226 g/mol. The third kappa shape index (κ3) is 4.29. The van der Waals surface area contributed by atoms with E-state index in [-0.39, 0.29) is 0 Å². The molecule has 0 unspecified atom stereocenters. The van der Waals surface area contributed by atoms with Gasteiger partial charge in [-0.15, -0.1) is 0 Å². The zero-order valence-electron chi connectivity index (χ0n) is 9.75. The molecule has 0 amide bonds. The van der Waals surface area contributed by atoms with Crippen molar-refractivity contribution in [3.63, 3.8) is 0 Å². The first-order valence-electron chi connectivity index (χ1n) is 5.43. The number of nitrogens with one attached hydrogen (secondary N) is 1. The summed E-state index contributed by atoms with van der Waals surface area (Å²) in [6.07, 6.45) is 0.962. The minimum atomic E-state index is 0.702. The van der Waals surface area contributed by atoms with Crippen LogP contribution < -0.4 is 10.1 Å². The van der Waals surface area contributed by atoms with Crippen LogP contribution >= 0.6 is 11.6 Å². The molecular formula is C12H18ClNO2. The number of halogens is 1. The Morgan fingerprint density at radius 3 is 2.88 bits per heavy atom. The molecule has 1 N–H and O–H groups in total. The largest absolute Gasteiger partial charge is 0.495 e. The first-order chi connectivity index (χ1) is 7.77. The molecule has 0 saturated heterocycles. The molecule has 1 rings (SSSR count). The predicted molar refractivity (Wildman–Crippen MR) is 67.6 cm³/mol. The van der Waals surface area contributed by atoms with Crippen molar-refractivity contribution >= 4 is 17.3 Å². The summed E-state index contributed by atoms with van der Waals surface area (Å²) in [5.74, 6) is 0.806. The van der Waals surface area contributed by atoms with Crippen molar-refractivity contribution in [2.24, 2.45) is 0 Å². The number of benzene rings is 1. The number of ether oxygens (including phenoxy) is 2. The molecule has 3 nitrogen and oxygen atoms in total. The summed E-state index contributed by atoms with van der Waals surface area (Å²) in [5.41, 5.74) is 0.923. The Morgan fingerprint density at radius 1 is 1.38 bits per heavy atom. The Balaban J connectivity index is 2.42. The van der Waals surface area contributed by atoms with Crippen LogP contribution in [0.5, 0.6) is 5.75 Å². The highest BCUT2D eigenvalue weighted by Crippen LogP contribution is 2.27. The Hall–Kier alpha value is -0.930. The molecule has 16 heavy (non-hydrogen) atoms. The van der Waals surface area contributed by atoms with Gasteiger partial charge in [-0.2, -0.15) is 0 Å². The van der Waals surface area contributed by atoms with Gasteiger partial charge in [-0.3, -0.25) is 0 Å². The summed E-state index contributed by atoms with van der Waals surface area (Å²) in [4.78, 5) is 0. The number of hydrogen-bond donors (Lipinski definition) is 1. The summed E-state index contributed by atoms with van der Waals surface area (Å²) in [6, 6.07) is 5.53. The van der Waals surface area contributed by atoms with Gasteiger partial charge < -0.3 is 14.8 Å². The number of anilines is 1. The molecule has 1 aromatic rings. The zero-order valence-corrected chi connectivity index (χ0v) is 10.5. The average Bonchev–Trinajstić information content (AvgIpc) is 2.29. The quantitative estimate of drug-likeness (QED) is 0.746. The van der Waals surface area contributed by atoms with Gasteiger partial charge in [-0.25, -0.2) is 0 Å². The van der Waals surface area contributed by atoms with Crippen LogP contribution in [0.4, 0.5) is 5.69 Å². The topological polar surface area (TPSA) is 30.5 Å². The van der Waals surface area contributed by atoms with Crippen LogP contribution in [0.25, 0.3) is 0 Å². The molecule has 0 fully saturated rings. The van der Waals surface area contributed by atoms with Gasteiger partial charge in [0.05, 0.1) is 12.8 Å². The van der Waals surface area contributed by atoms with Crippen molar-refractivity contribution < 1.29 is 9.47 Å². The van der Waals surface area contributed by atoms with Crippen molar-refractivity contribution in [2.45, 2.75) is 13.3 Å². The van der Waals surface area contributed by atoms with E-state index in [9.17, 15) is 0 Å². The predicted octanol–water partition coefficient (Wildman–Crippen LogP) is 3.19. The summed E-state index contributed by atoms with van der Waals surface area (Å²) in [5, 5.41) is 3.98. The fraction of sp³-hybridized carbons (Fsp3) is 0.500. The van der Waals surface area contributed by atoms with E-state index in [0.717, 1.165) is 37.6 Å². The fourth-order valence-corrected chi connectivity index (χ4v) is 1.53. The Labute approximate surface area is 102 Å². The SMILES string of the molecule is CCOCCCNc1cc(Cl)ccc1OC. The van der Waals surface area contributed by atoms with Crippen molar-refractivity contribution in [2.75, 3.05) is 32.2 Å². The number of rotatable bonds is 7. The lowest BCUT2D eigenvalue weighted by Crippen LogP contribution is -2.06. The van der Waals surface area contributed by atoms with Crippen molar-refractivity contribution in [3.05, 3.63) is 23.2 Å². The van der Waals surface area contributed by atoms with E-state index < -0.39 is 0 Å². The average molecular weight is 244 g/mol. The molecule has 0 spiro atoms. The van der Waals surface area contributed by atoms with Gasteiger partial charge in [0.2, 0.25) is 0 Å². The van der Waals surface area contributed by atoms with Crippen molar-refractivity contribution in [3.8, 4) is 5.75 Å². The summed E-state index contributed by atoms with van der Waals surface area (Å²) in [6.45, 7) is 4.37. The zero-order chi connectivity index (χ0) is 11.8. The molecule has 1 aromatic carbocycles. The van der Waals surface area contributed by atoms with Gasteiger partial charge in [0, 0.05) is 24.8 Å². The molecule has 90 valence electrons. The molecule has 0 atom stereocenters. The molecule has 0 bridgehead atoms. The molecule has 0 aliphatic rings. The highest BCUT2D eigenvalue weighted by molar-refractivity contribution is 6.30. The standard InChI is InChI=1S/C12H18ClNO2/c1-3-16-8-4-7-14-11-9-10(13)5-6-12(11)15-2/h5-6,9,14H,3-4,7-8H2,1-2H3. The Kier molecular flexibility index (Phi) is 6.04. The maximum absolute atomic E-state index is 5.92. The van der Waals surface area contributed by atoms with Gasteiger partial charge in [0.1, 0.15) is 5.75 Å². The van der Waals surface area contributed by atoms with E-state index in [1.807, 2.05) is 25.1 Å². The highest BCUT2D eigenvalue weighted by Gasteiger charge is 2.02. The van der Waals surface area contributed by atoms with Gasteiger partial charge >= 0.3 is 0 Å². The van der Waals surface area contributed by atoms with Crippen molar-refractivity contribution in [1.82, 2.24) is 0 Å². The second-order valence-corrected chi connectivity index (χ2v) is 3.76. The molecule has 0 aromatic heterocycles. The van der Waals surface area contributed by atoms with Crippen LogP contribution in [-0.2, 0) is 4.74 Å². The summed E-state index contributed by atoms with van der Waals surface area (Å²) in [7, 11) is 1.65. The molecule has 0 heterocycles. The van der Waals surface area contributed by atoms with E-state index in [1.165, 1.54) is 0 Å². The number of methoxy groups -OCH3 is 1. The van der Waals surface area contributed by atoms with Crippen LogP contribution in [-0.4, -0.2) is 26.9 Å². The van der Waals surface area contributed by atoms with Gasteiger partial charge in [-0.1, -0.05) is 11.6 Å². The Morgan fingerprint density at radius 2 is 2.19 bits per heavy atom. The molecule has 0 saturated carbocycles. The Bertz CT molecular complexity index is 318. The van der Waals surface area contributed by atoms with E-state index >= 15 is 0 Å².